The van der Waals surface area contributed by atoms with Crippen LogP contribution in [0, 0.1) is 30.7 Å². The van der Waals surface area contributed by atoms with Crippen LogP contribution in [0.2, 0.25) is 0 Å². The fraction of sp³-hybridized carbons (Fsp3) is 0.514. The second kappa shape index (κ2) is 17.0. The average Bonchev–Trinajstić information content (AvgIpc) is 2.89. The summed E-state index contributed by atoms with van der Waals surface area (Å²) in [5.74, 6) is 1.16. The van der Waals surface area contributed by atoms with Gasteiger partial charge >= 0.3 is 0 Å². The van der Waals surface area contributed by atoms with Crippen LogP contribution in [-0.2, 0) is 36.7 Å². The largest absolute Gasteiger partial charge is 0.512 e. The van der Waals surface area contributed by atoms with Gasteiger partial charge in [0.1, 0.15) is 0 Å². The van der Waals surface area contributed by atoms with Crippen molar-refractivity contribution in [2.24, 2.45) is 17.8 Å². The molecule has 0 amide bonds. The van der Waals surface area contributed by atoms with Gasteiger partial charge in [-0.05, 0) is 60.8 Å². The van der Waals surface area contributed by atoms with Gasteiger partial charge in [-0.25, -0.2) is 0 Å². The van der Waals surface area contributed by atoms with Gasteiger partial charge < -0.3 is 5.11 Å². The molecule has 1 aromatic heterocycles. The van der Waals surface area contributed by atoms with Crippen molar-refractivity contribution in [2.75, 3.05) is 0 Å². The molecule has 0 saturated heterocycles. The van der Waals surface area contributed by atoms with E-state index in [1.807, 2.05) is 27.7 Å². The van der Waals surface area contributed by atoms with E-state index in [1.54, 1.807) is 0 Å². The van der Waals surface area contributed by atoms with Crippen molar-refractivity contribution in [2.45, 2.75) is 107 Å². The molecule has 0 fully saturated rings. The number of nitrogens with zero attached hydrogens (tertiary/aromatic N) is 1. The van der Waals surface area contributed by atoms with Crippen molar-refractivity contribution in [3.05, 3.63) is 77.1 Å². The number of carbonyl (C=O) groups excluding carboxylic acids is 1. The fourth-order valence-corrected chi connectivity index (χ4v) is 5.06. The van der Waals surface area contributed by atoms with Gasteiger partial charge in [0.05, 0.1) is 11.3 Å². The van der Waals surface area contributed by atoms with E-state index in [2.05, 4.69) is 90.1 Å². The molecule has 3 nitrogen and oxygen atoms in total. The van der Waals surface area contributed by atoms with Crippen molar-refractivity contribution in [3.8, 4) is 11.3 Å². The number of pyridine rings is 1. The Labute approximate surface area is 263 Å². The average molecular weight is 735 g/mol. The molecule has 1 N–H and O–H groups in total. The number of aliphatic hydroxyl groups is 1. The molecule has 3 aromatic rings. The summed E-state index contributed by atoms with van der Waals surface area (Å²) in [6.45, 7) is 21.5. The first-order valence-electron chi connectivity index (χ1n) is 15.2. The van der Waals surface area contributed by atoms with Crippen molar-refractivity contribution in [1.82, 2.24) is 4.98 Å². The number of aromatic nitrogens is 1. The van der Waals surface area contributed by atoms with Crippen molar-refractivity contribution in [1.29, 1.82) is 0 Å². The number of allylic oxidation sites excluding steroid dienone is 2. The number of benzene rings is 2. The van der Waals surface area contributed by atoms with E-state index in [0.717, 1.165) is 48.9 Å². The maximum absolute atomic E-state index is 11.7. The van der Waals surface area contributed by atoms with Crippen LogP contribution in [-0.4, -0.2) is 15.9 Å². The third-order valence-corrected chi connectivity index (χ3v) is 7.66. The van der Waals surface area contributed by atoms with Crippen LogP contribution in [0.3, 0.4) is 0 Å². The summed E-state index contributed by atoms with van der Waals surface area (Å²) in [6.07, 6.45) is 5.97. The van der Waals surface area contributed by atoms with Crippen LogP contribution in [0.25, 0.3) is 22.2 Å². The molecule has 2 aromatic carbocycles. The first-order valence-corrected chi connectivity index (χ1v) is 15.2. The van der Waals surface area contributed by atoms with Gasteiger partial charge in [-0.1, -0.05) is 93.5 Å². The van der Waals surface area contributed by atoms with Gasteiger partial charge in [-0.2, -0.15) is 0 Å². The minimum absolute atomic E-state index is 0. The first kappa shape index (κ1) is 36.7. The molecular weight excluding hydrogens is 683 g/mol. The number of hydrogen-bond acceptors (Lipinski definition) is 3. The van der Waals surface area contributed by atoms with Crippen LogP contribution in [0.15, 0.2) is 54.3 Å². The molecule has 41 heavy (non-hydrogen) atoms. The minimum atomic E-state index is 0. The van der Waals surface area contributed by atoms with E-state index < -0.39 is 0 Å². The summed E-state index contributed by atoms with van der Waals surface area (Å²) < 4.78 is 0. The smallest absolute Gasteiger partial charge is 0.162 e. The Morgan fingerprint density at radius 1 is 0.951 bits per heavy atom. The quantitative estimate of drug-likeness (QED) is 0.128. The molecule has 227 valence electrons. The third-order valence-electron chi connectivity index (χ3n) is 7.66. The Bertz CT molecular complexity index is 1280. The third kappa shape index (κ3) is 10.8. The number of aliphatic hydroxyl groups excluding tert-OH is 1. The zero-order chi connectivity index (χ0) is 30.0. The Morgan fingerprint density at radius 3 is 2.07 bits per heavy atom. The van der Waals surface area contributed by atoms with E-state index in [1.165, 1.54) is 28.2 Å². The molecule has 0 atom stereocenters. The molecule has 0 aliphatic heterocycles. The number of hydrogen-bond donors (Lipinski definition) is 1. The number of ketones is 1. The maximum Gasteiger partial charge on any atom is 0.162 e. The predicted molar refractivity (Wildman–Crippen MR) is 172 cm³/mol. The van der Waals surface area contributed by atoms with Gasteiger partial charge in [0.25, 0.3) is 0 Å². The van der Waals surface area contributed by atoms with Gasteiger partial charge in [0.15, 0.2) is 5.78 Å². The Hall–Kier alpha value is -2.29. The number of carbonyl (C=O) groups is 1. The van der Waals surface area contributed by atoms with Crippen LogP contribution < -0.4 is 0 Å². The summed E-state index contributed by atoms with van der Waals surface area (Å²) in [5, 5.41) is 11.0. The molecule has 1 heterocycles. The van der Waals surface area contributed by atoms with Crippen LogP contribution in [0.1, 0.15) is 105 Å². The van der Waals surface area contributed by atoms with E-state index in [9.17, 15) is 9.90 Å². The number of rotatable bonds is 10. The predicted octanol–water partition coefficient (Wildman–Crippen LogP) is 10.4. The van der Waals surface area contributed by atoms with Crippen LogP contribution in [0.5, 0.6) is 0 Å². The fourth-order valence-electron chi connectivity index (χ4n) is 5.06. The molecular formula is C37H52IrNO2-. The minimum Gasteiger partial charge on any atom is -0.512 e. The van der Waals surface area contributed by atoms with E-state index in [4.69, 9.17) is 4.98 Å². The Kier molecular flexibility index (Phi) is 15.2. The second-order valence-electron chi connectivity index (χ2n) is 12.5. The zero-order valence-electron chi connectivity index (χ0n) is 27.0. The van der Waals surface area contributed by atoms with E-state index in [0.29, 0.717) is 5.92 Å². The van der Waals surface area contributed by atoms with Gasteiger partial charge in [0.2, 0.25) is 0 Å². The second-order valence-corrected chi connectivity index (χ2v) is 12.5. The summed E-state index contributed by atoms with van der Waals surface area (Å²) >= 11 is 0. The summed E-state index contributed by atoms with van der Waals surface area (Å²) in [7, 11) is 0. The first-order chi connectivity index (χ1) is 18.8. The summed E-state index contributed by atoms with van der Waals surface area (Å²) in [4.78, 5) is 16.7. The Morgan fingerprint density at radius 2 is 1.54 bits per heavy atom. The van der Waals surface area contributed by atoms with E-state index in [-0.39, 0.29) is 48.9 Å². The molecule has 0 unspecified atom stereocenters. The maximum atomic E-state index is 11.7. The van der Waals surface area contributed by atoms with Crippen molar-refractivity contribution in [3.63, 3.8) is 0 Å². The van der Waals surface area contributed by atoms with Crippen LogP contribution >= 0.6 is 0 Å². The number of aryl methyl sites for hydroxylation is 1. The van der Waals surface area contributed by atoms with Gasteiger partial charge in [0, 0.05) is 43.4 Å². The molecule has 1 radical (unpaired) electrons. The van der Waals surface area contributed by atoms with Crippen molar-refractivity contribution >= 4 is 16.7 Å². The van der Waals surface area contributed by atoms with Gasteiger partial charge in [-0.3, -0.25) is 9.78 Å². The standard InChI is InChI=1S/C24H28N.C13H24O2.Ir/c1-16(2)11-18-15-23(25-22-10-8-7-9-21(18)22)19-12-17(3)13-20(14-19)24(4,5)6;1-5-10(6-2)12(14)9-13(15)11(7-3)8-4;/h7-10,13-16H,11H2,1-6H3;9-11,14H,5-8H2,1-4H3;/q-1;;/b;12-9-;. The van der Waals surface area contributed by atoms with Crippen LogP contribution in [0.4, 0.5) is 0 Å². The summed E-state index contributed by atoms with van der Waals surface area (Å²) in [6, 6.07) is 18.7. The molecule has 0 aliphatic carbocycles. The van der Waals surface area contributed by atoms with E-state index >= 15 is 0 Å². The monoisotopic (exact) mass is 735 g/mol. The molecule has 4 heteroatoms. The SMILES string of the molecule is CCC(CC)C(=O)/C=C(\O)C(CC)CC.Cc1[c-]c(-c2cc(CC(C)C)c3ccccc3n2)cc(C(C)(C)C)c1.[Ir]. The molecule has 3 rings (SSSR count). The molecule has 0 bridgehead atoms. The molecule has 0 aliphatic rings. The Balaban J connectivity index is 0.000000456. The van der Waals surface area contributed by atoms with Crippen molar-refractivity contribution < 1.29 is 30.0 Å². The number of fused-ring (bicyclic) bond motifs is 1. The number of para-hydroxylation sites is 1. The zero-order valence-corrected chi connectivity index (χ0v) is 29.4. The topological polar surface area (TPSA) is 50.2 Å². The van der Waals surface area contributed by atoms with Gasteiger partial charge in [-0.15, -0.1) is 34.9 Å². The summed E-state index contributed by atoms with van der Waals surface area (Å²) in [5.41, 5.74) is 7.20. The molecule has 0 spiro atoms. The molecule has 0 saturated carbocycles. The normalized spacial score (nSPS) is 12.0.